The summed E-state index contributed by atoms with van der Waals surface area (Å²) in [4.78, 5) is 9.64. The maximum atomic E-state index is 13.5. The van der Waals surface area contributed by atoms with Crippen molar-refractivity contribution in [1.29, 1.82) is 0 Å². The molecule has 0 radical (unpaired) electrons. The first-order valence-corrected chi connectivity index (χ1v) is 3.80. The van der Waals surface area contributed by atoms with E-state index in [1.165, 1.54) is 13.0 Å². The van der Waals surface area contributed by atoms with E-state index in [1.807, 2.05) is 0 Å². The zero-order chi connectivity index (χ0) is 10.3. The fraction of sp³-hybridized carbons (Fsp3) is 0.125. The predicted molar refractivity (Wildman–Crippen MR) is 45.4 cm³/mol. The molecule has 72 valence electrons. The van der Waals surface area contributed by atoms with Crippen LogP contribution in [0.5, 0.6) is 0 Å². The van der Waals surface area contributed by atoms with E-state index in [1.54, 1.807) is 0 Å². The van der Waals surface area contributed by atoms with Gasteiger partial charge in [-0.2, -0.15) is 4.39 Å². The summed E-state index contributed by atoms with van der Waals surface area (Å²) in [6.45, 7) is 1.53. The van der Waals surface area contributed by atoms with Crippen LogP contribution in [0.1, 0.15) is 5.69 Å². The Morgan fingerprint density at radius 2 is 2.29 bits per heavy atom. The molecule has 0 fully saturated rings. The first-order chi connectivity index (χ1) is 6.61. The van der Waals surface area contributed by atoms with Gasteiger partial charge in [0.2, 0.25) is 5.82 Å². The summed E-state index contributed by atoms with van der Waals surface area (Å²) in [6, 6.07) is 2.39. The van der Waals surface area contributed by atoms with Crippen molar-refractivity contribution < 1.29 is 13.8 Å². The summed E-state index contributed by atoms with van der Waals surface area (Å²) >= 11 is 0. The fourth-order valence-corrected chi connectivity index (χ4v) is 1.26. The third kappa shape index (κ3) is 1.04. The number of hydrogen-bond donors (Lipinski definition) is 0. The minimum Gasteiger partial charge on any atom is -0.356 e. The van der Waals surface area contributed by atoms with Crippen LogP contribution in [-0.4, -0.2) is 10.1 Å². The third-order valence-corrected chi connectivity index (χ3v) is 1.92. The summed E-state index contributed by atoms with van der Waals surface area (Å²) in [6.07, 6.45) is 0. The number of fused-ring (bicyclic) bond motifs is 1. The van der Waals surface area contributed by atoms with Crippen LogP contribution in [0.3, 0.4) is 0 Å². The summed E-state index contributed by atoms with van der Waals surface area (Å²) in [5, 5.41) is 14.0. The lowest BCUT2D eigenvalue weighted by Gasteiger charge is -1.93. The van der Waals surface area contributed by atoms with Crippen LogP contribution in [0.25, 0.3) is 11.0 Å². The highest BCUT2D eigenvalue weighted by atomic mass is 19.1. The number of benzene rings is 1. The second-order valence-corrected chi connectivity index (χ2v) is 2.80. The van der Waals surface area contributed by atoms with Crippen molar-refractivity contribution >= 4 is 16.7 Å². The molecular weight excluding hydrogens is 191 g/mol. The standard InChI is InChI=1S/C8H5FN2O3/c1-4-7-6(14-10-4)3-2-5(8(7)9)11(12)13/h2-3H,1H3. The van der Waals surface area contributed by atoms with Gasteiger partial charge in [-0.3, -0.25) is 10.1 Å². The Morgan fingerprint density at radius 1 is 1.57 bits per heavy atom. The van der Waals surface area contributed by atoms with Crippen LogP contribution < -0.4 is 0 Å². The second-order valence-electron chi connectivity index (χ2n) is 2.80. The van der Waals surface area contributed by atoms with Gasteiger partial charge in [-0.1, -0.05) is 5.16 Å². The molecule has 0 atom stereocenters. The molecule has 14 heavy (non-hydrogen) atoms. The number of halogens is 1. The lowest BCUT2D eigenvalue weighted by atomic mass is 10.2. The highest BCUT2D eigenvalue weighted by Gasteiger charge is 2.20. The van der Waals surface area contributed by atoms with Crippen LogP contribution in [0.15, 0.2) is 16.7 Å². The van der Waals surface area contributed by atoms with Crippen molar-refractivity contribution in [2.75, 3.05) is 0 Å². The molecule has 0 aliphatic heterocycles. The number of hydrogen-bond acceptors (Lipinski definition) is 4. The Kier molecular flexibility index (Phi) is 1.70. The smallest absolute Gasteiger partial charge is 0.305 e. The minimum atomic E-state index is -0.897. The quantitative estimate of drug-likeness (QED) is 0.517. The van der Waals surface area contributed by atoms with Crippen molar-refractivity contribution in [3.63, 3.8) is 0 Å². The van der Waals surface area contributed by atoms with Crippen molar-refractivity contribution in [2.24, 2.45) is 0 Å². The summed E-state index contributed by atoms with van der Waals surface area (Å²) in [5.74, 6) is -0.897. The van der Waals surface area contributed by atoms with Crippen LogP contribution >= 0.6 is 0 Å². The molecule has 0 saturated heterocycles. The van der Waals surface area contributed by atoms with E-state index in [2.05, 4.69) is 5.16 Å². The Hall–Kier alpha value is -1.98. The fourth-order valence-electron chi connectivity index (χ4n) is 1.26. The Labute approximate surface area is 77.3 Å². The van der Waals surface area contributed by atoms with Gasteiger partial charge in [0.05, 0.1) is 16.0 Å². The second kappa shape index (κ2) is 2.76. The number of nitro benzene ring substituents is 1. The van der Waals surface area contributed by atoms with Gasteiger partial charge >= 0.3 is 5.69 Å². The Morgan fingerprint density at radius 3 is 2.93 bits per heavy atom. The highest BCUT2D eigenvalue weighted by molar-refractivity contribution is 5.82. The Bertz CT molecular complexity index is 521. The van der Waals surface area contributed by atoms with E-state index < -0.39 is 16.4 Å². The van der Waals surface area contributed by atoms with Crippen molar-refractivity contribution in [2.45, 2.75) is 6.92 Å². The molecule has 1 aromatic carbocycles. The van der Waals surface area contributed by atoms with Gasteiger partial charge in [0.25, 0.3) is 0 Å². The molecule has 0 bridgehead atoms. The molecule has 1 heterocycles. The number of nitrogens with zero attached hydrogens (tertiary/aromatic N) is 2. The van der Waals surface area contributed by atoms with Crippen LogP contribution in [-0.2, 0) is 0 Å². The average molecular weight is 196 g/mol. The van der Waals surface area contributed by atoms with Gasteiger partial charge in [0.1, 0.15) is 0 Å². The zero-order valence-corrected chi connectivity index (χ0v) is 7.15. The van der Waals surface area contributed by atoms with Gasteiger partial charge < -0.3 is 4.52 Å². The third-order valence-electron chi connectivity index (χ3n) is 1.92. The van der Waals surface area contributed by atoms with Crippen LogP contribution in [0, 0.1) is 22.9 Å². The highest BCUT2D eigenvalue weighted by Crippen LogP contribution is 2.28. The molecule has 2 aromatic rings. The molecule has 0 aliphatic rings. The maximum absolute atomic E-state index is 13.5. The molecule has 0 N–H and O–H groups in total. The molecule has 2 rings (SSSR count). The van der Waals surface area contributed by atoms with Crippen molar-refractivity contribution in [3.8, 4) is 0 Å². The van der Waals surface area contributed by atoms with Crippen molar-refractivity contribution in [1.82, 2.24) is 5.16 Å². The number of aromatic nitrogens is 1. The molecule has 0 aliphatic carbocycles. The monoisotopic (exact) mass is 196 g/mol. The topological polar surface area (TPSA) is 69.2 Å². The zero-order valence-electron chi connectivity index (χ0n) is 7.15. The van der Waals surface area contributed by atoms with E-state index in [0.29, 0.717) is 5.69 Å². The minimum absolute atomic E-state index is 0.0687. The normalized spacial score (nSPS) is 10.7. The summed E-state index contributed by atoms with van der Waals surface area (Å²) in [5.41, 5.74) is -0.0457. The molecular formula is C8H5FN2O3. The molecule has 0 unspecified atom stereocenters. The molecule has 0 amide bonds. The number of nitro groups is 1. The summed E-state index contributed by atoms with van der Waals surface area (Å²) < 4.78 is 18.2. The van der Waals surface area contributed by atoms with Crippen LogP contribution in [0.4, 0.5) is 10.1 Å². The molecule has 0 saturated carbocycles. The van der Waals surface area contributed by atoms with Crippen LogP contribution in [0.2, 0.25) is 0 Å². The largest absolute Gasteiger partial charge is 0.356 e. The predicted octanol–water partition coefficient (Wildman–Crippen LogP) is 2.18. The molecule has 0 spiro atoms. The number of aryl methyl sites for hydroxylation is 1. The van der Waals surface area contributed by atoms with E-state index in [0.717, 1.165) is 6.07 Å². The molecule has 5 nitrogen and oxygen atoms in total. The maximum Gasteiger partial charge on any atom is 0.305 e. The van der Waals surface area contributed by atoms with E-state index in [-0.39, 0.29) is 11.0 Å². The van der Waals surface area contributed by atoms with Gasteiger partial charge in [-0.05, 0) is 13.0 Å². The molecule has 1 aromatic heterocycles. The van der Waals surface area contributed by atoms with E-state index in [4.69, 9.17) is 4.52 Å². The number of rotatable bonds is 1. The first kappa shape index (κ1) is 8.61. The first-order valence-electron chi connectivity index (χ1n) is 3.80. The van der Waals surface area contributed by atoms with Gasteiger partial charge in [-0.15, -0.1) is 0 Å². The lowest BCUT2D eigenvalue weighted by Crippen LogP contribution is -1.92. The van der Waals surface area contributed by atoms with E-state index >= 15 is 0 Å². The van der Waals surface area contributed by atoms with Gasteiger partial charge in [0, 0.05) is 6.07 Å². The van der Waals surface area contributed by atoms with Gasteiger partial charge in [0.15, 0.2) is 5.58 Å². The average Bonchev–Trinajstić information content (AvgIpc) is 2.48. The summed E-state index contributed by atoms with van der Waals surface area (Å²) in [7, 11) is 0. The van der Waals surface area contributed by atoms with Gasteiger partial charge in [-0.25, -0.2) is 0 Å². The lowest BCUT2D eigenvalue weighted by molar-refractivity contribution is -0.387. The SMILES string of the molecule is Cc1noc2ccc([N+](=O)[O-])c(F)c12. The molecule has 6 heteroatoms. The van der Waals surface area contributed by atoms with E-state index in [9.17, 15) is 14.5 Å². The van der Waals surface area contributed by atoms with Crippen molar-refractivity contribution in [3.05, 3.63) is 33.8 Å². The Balaban J connectivity index is 2.86.